The standard InChI is InChI=1S/C19H14ClFN6O5S2/c1-22-9-2-3-11-13(7-9)25-19(30)27(17(11)28)16-12(21)6-10(8-23-16)24-18(29)26-34(31,32)15-5-4-14(20)33-15/h2-8,22H,1H3,(H,25,30)(H2,24,26,29). The topological polar surface area (TPSA) is 155 Å². The maximum Gasteiger partial charge on any atom is 0.334 e. The van der Waals surface area contributed by atoms with E-state index in [1.807, 2.05) is 0 Å². The van der Waals surface area contributed by atoms with Gasteiger partial charge in [-0.05, 0) is 30.3 Å². The number of nitrogens with one attached hydrogen (secondary N) is 4. The van der Waals surface area contributed by atoms with Gasteiger partial charge in [-0.25, -0.2) is 36.7 Å². The lowest BCUT2D eigenvalue weighted by Gasteiger charge is -2.10. The molecular weight excluding hydrogens is 511 g/mol. The number of aromatic amines is 1. The van der Waals surface area contributed by atoms with Crippen LogP contribution in [0.2, 0.25) is 4.34 Å². The van der Waals surface area contributed by atoms with Crippen LogP contribution in [0.15, 0.2) is 56.4 Å². The van der Waals surface area contributed by atoms with Gasteiger partial charge in [-0.3, -0.25) is 4.79 Å². The molecule has 15 heteroatoms. The second-order valence-electron chi connectivity index (χ2n) is 6.73. The van der Waals surface area contributed by atoms with Crippen molar-refractivity contribution in [2.24, 2.45) is 0 Å². The lowest BCUT2D eigenvalue weighted by molar-refractivity contribution is 0.256. The Morgan fingerprint density at radius 1 is 1.18 bits per heavy atom. The summed E-state index contributed by atoms with van der Waals surface area (Å²) in [6.45, 7) is 0. The Hall–Kier alpha value is -3.75. The number of pyridine rings is 1. The number of nitrogens with zero attached hydrogens (tertiary/aromatic N) is 2. The van der Waals surface area contributed by atoms with Crippen molar-refractivity contribution in [1.29, 1.82) is 0 Å². The summed E-state index contributed by atoms with van der Waals surface area (Å²) in [4.78, 5) is 43.7. The van der Waals surface area contributed by atoms with Gasteiger partial charge >= 0.3 is 11.7 Å². The van der Waals surface area contributed by atoms with Crippen LogP contribution in [0.3, 0.4) is 0 Å². The van der Waals surface area contributed by atoms with Crippen LogP contribution in [-0.4, -0.2) is 36.0 Å². The number of thiophene rings is 1. The van der Waals surface area contributed by atoms with Gasteiger partial charge in [0.1, 0.15) is 4.21 Å². The third-order valence-corrected chi connectivity index (χ3v) is 7.57. The Bertz CT molecular complexity index is 1660. The average Bonchev–Trinajstić information content (AvgIpc) is 3.21. The normalized spacial score (nSPS) is 11.4. The lowest BCUT2D eigenvalue weighted by atomic mass is 10.2. The molecule has 3 aromatic heterocycles. The van der Waals surface area contributed by atoms with Gasteiger partial charge in [-0.15, -0.1) is 11.3 Å². The molecule has 0 radical (unpaired) electrons. The third-order valence-electron chi connectivity index (χ3n) is 4.52. The Balaban J connectivity index is 1.61. The van der Waals surface area contributed by atoms with E-state index in [4.69, 9.17) is 11.6 Å². The molecule has 11 nitrogen and oxygen atoms in total. The van der Waals surface area contributed by atoms with Crippen LogP contribution in [-0.2, 0) is 10.0 Å². The molecule has 176 valence electrons. The first-order valence-electron chi connectivity index (χ1n) is 9.31. The molecule has 4 aromatic rings. The number of fused-ring (bicyclic) bond motifs is 1. The molecule has 0 saturated carbocycles. The van der Waals surface area contributed by atoms with Crippen LogP contribution in [0.25, 0.3) is 16.7 Å². The van der Waals surface area contributed by atoms with Crippen LogP contribution in [0.4, 0.5) is 20.6 Å². The van der Waals surface area contributed by atoms with Gasteiger partial charge in [0.15, 0.2) is 11.6 Å². The number of halogens is 2. The first kappa shape index (κ1) is 23.4. The van der Waals surface area contributed by atoms with Crippen molar-refractivity contribution in [3.05, 3.63) is 73.6 Å². The van der Waals surface area contributed by atoms with E-state index in [1.54, 1.807) is 23.9 Å². The molecule has 0 aliphatic carbocycles. The molecule has 0 unspecified atom stereocenters. The molecule has 0 aliphatic heterocycles. The van der Waals surface area contributed by atoms with E-state index in [-0.39, 0.29) is 25.1 Å². The highest BCUT2D eigenvalue weighted by molar-refractivity contribution is 7.92. The van der Waals surface area contributed by atoms with Crippen molar-refractivity contribution in [3.63, 3.8) is 0 Å². The smallest absolute Gasteiger partial charge is 0.334 e. The fourth-order valence-corrected chi connectivity index (χ4v) is 5.39. The van der Waals surface area contributed by atoms with E-state index in [2.05, 4.69) is 20.6 Å². The molecule has 0 fully saturated rings. The number of sulfonamides is 1. The number of anilines is 2. The summed E-state index contributed by atoms with van der Waals surface area (Å²) in [5.41, 5.74) is -1.03. The van der Waals surface area contributed by atoms with E-state index in [0.29, 0.717) is 10.3 Å². The van der Waals surface area contributed by atoms with Gasteiger partial charge in [0.2, 0.25) is 0 Å². The van der Waals surface area contributed by atoms with Gasteiger partial charge in [0.25, 0.3) is 15.6 Å². The summed E-state index contributed by atoms with van der Waals surface area (Å²) in [6.07, 6.45) is 0.965. The van der Waals surface area contributed by atoms with Crippen LogP contribution in [0, 0.1) is 5.82 Å². The second kappa shape index (κ2) is 8.89. The number of aromatic nitrogens is 3. The van der Waals surface area contributed by atoms with Crippen LogP contribution in [0.5, 0.6) is 0 Å². The molecule has 34 heavy (non-hydrogen) atoms. The molecule has 0 bridgehead atoms. The highest BCUT2D eigenvalue weighted by Crippen LogP contribution is 2.25. The average molecular weight is 525 g/mol. The van der Waals surface area contributed by atoms with Gasteiger partial charge < -0.3 is 15.6 Å². The van der Waals surface area contributed by atoms with Crippen molar-refractivity contribution in [2.45, 2.75) is 4.21 Å². The van der Waals surface area contributed by atoms with Gasteiger partial charge in [-0.1, -0.05) is 11.6 Å². The molecule has 0 spiro atoms. The number of rotatable bonds is 5. The monoisotopic (exact) mass is 524 g/mol. The maximum absolute atomic E-state index is 14.8. The number of hydrogen-bond acceptors (Lipinski definition) is 8. The molecule has 0 atom stereocenters. The number of carbonyl (C=O) groups excluding carboxylic acids is 1. The molecule has 1 aromatic carbocycles. The predicted octanol–water partition coefficient (Wildman–Crippen LogP) is 2.48. The van der Waals surface area contributed by atoms with Crippen molar-refractivity contribution < 1.29 is 17.6 Å². The summed E-state index contributed by atoms with van der Waals surface area (Å²) < 4.78 is 41.4. The minimum atomic E-state index is -4.19. The van der Waals surface area contributed by atoms with E-state index >= 15 is 0 Å². The fraction of sp³-hybridized carbons (Fsp3) is 0.0526. The van der Waals surface area contributed by atoms with E-state index in [9.17, 15) is 27.2 Å². The number of carbonyl (C=O) groups is 1. The predicted molar refractivity (Wildman–Crippen MR) is 126 cm³/mol. The molecular formula is C19H14ClFN6O5S2. The van der Waals surface area contributed by atoms with Crippen molar-refractivity contribution in [1.82, 2.24) is 19.3 Å². The zero-order chi connectivity index (χ0) is 24.6. The lowest BCUT2D eigenvalue weighted by Crippen LogP contribution is -2.35. The molecule has 0 aliphatic rings. The van der Waals surface area contributed by atoms with Gasteiger partial charge in [0.05, 0.1) is 27.1 Å². The molecule has 4 N–H and O–H groups in total. The van der Waals surface area contributed by atoms with Crippen molar-refractivity contribution >= 4 is 61.3 Å². The summed E-state index contributed by atoms with van der Waals surface area (Å²) in [5, 5.41) is 5.12. The Kier molecular flexibility index (Phi) is 6.12. The van der Waals surface area contributed by atoms with Crippen LogP contribution in [0.1, 0.15) is 0 Å². The van der Waals surface area contributed by atoms with Crippen LogP contribution >= 0.6 is 22.9 Å². The minimum Gasteiger partial charge on any atom is -0.388 e. The molecule has 3 heterocycles. The second-order valence-corrected chi connectivity index (χ2v) is 10.4. The van der Waals surface area contributed by atoms with E-state index in [0.717, 1.165) is 23.6 Å². The number of hydrogen-bond donors (Lipinski definition) is 4. The highest BCUT2D eigenvalue weighted by Gasteiger charge is 2.21. The van der Waals surface area contributed by atoms with E-state index < -0.39 is 38.9 Å². The maximum atomic E-state index is 14.8. The van der Waals surface area contributed by atoms with Gasteiger partial charge in [-0.2, -0.15) is 0 Å². The molecule has 4 rings (SSSR count). The Morgan fingerprint density at radius 3 is 2.59 bits per heavy atom. The van der Waals surface area contributed by atoms with Gasteiger partial charge in [0, 0.05) is 18.8 Å². The van der Waals surface area contributed by atoms with Crippen molar-refractivity contribution in [2.75, 3.05) is 17.7 Å². The summed E-state index contributed by atoms with van der Waals surface area (Å²) >= 11 is 6.45. The number of amides is 2. The first-order chi connectivity index (χ1) is 16.1. The van der Waals surface area contributed by atoms with Crippen LogP contribution < -0.4 is 26.6 Å². The number of benzene rings is 1. The molecule has 0 saturated heterocycles. The summed E-state index contributed by atoms with van der Waals surface area (Å²) in [6, 6.07) is 6.81. The summed E-state index contributed by atoms with van der Waals surface area (Å²) in [7, 11) is -2.53. The number of urea groups is 1. The quantitative estimate of drug-likeness (QED) is 0.312. The van der Waals surface area contributed by atoms with E-state index in [1.165, 1.54) is 18.2 Å². The number of H-pyrrole nitrogens is 1. The Labute approximate surface area is 199 Å². The first-order valence-corrected chi connectivity index (χ1v) is 12.0. The zero-order valence-electron chi connectivity index (χ0n) is 17.0. The minimum absolute atomic E-state index is 0.125. The highest BCUT2D eigenvalue weighted by atomic mass is 35.5. The molecule has 2 amide bonds. The largest absolute Gasteiger partial charge is 0.388 e. The fourth-order valence-electron chi connectivity index (χ4n) is 3.00. The third kappa shape index (κ3) is 4.50. The SMILES string of the molecule is CNc1ccc2c(=O)n(-c3ncc(NC(=O)NS(=O)(=O)c4ccc(Cl)s4)cc3F)c(=O)[nH]c2c1. The van der Waals surface area contributed by atoms with Crippen molar-refractivity contribution in [3.8, 4) is 5.82 Å². The Morgan fingerprint density at radius 2 is 1.94 bits per heavy atom. The zero-order valence-corrected chi connectivity index (χ0v) is 19.4. The summed E-state index contributed by atoms with van der Waals surface area (Å²) in [5.74, 6) is -1.71.